The van der Waals surface area contributed by atoms with Crippen LogP contribution in [0.2, 0.25) is 0 Å². The number of carbonyl (C=O) groups excluding carboxylic acids is 1. The summed E-state index contributed by atoms with van der Waals surface area (Å²) in [6.07, 6.45) is -4.00. The summed E-state index contributed by atoms with van der Waals surface area (Å²) in [5, 5.41) is 7.37. The first kappa shape index (κ1) is 16.4. The average molecular weight is 360 g/mol. The lowest BCUT2D eigenvalue weighted by atomic mass is 9.90. The van der Waals surface area contributed by atoms with Crippen LogP contribution in [-0.2, 0) is 11.0 Å². The van der Waals surface area contributed by atoms with Crippen molar-refractivity contribution in [3.8, 4) is 0 Å². The monoisotopic (exact) mass is 359 g/mol. The lowest BCUT2D eigenvalue weighted by Gasteiger charge is -2.21. The number of hydrogen-bond donors (Lipinski definition) is 1. The van der Waals surface area contributed by atoms with Crippen LogP contribution in [0.4, 0.5) is 18.3 Å². The Balaban J connectivity index is 2.65. The molecule has 1 aromatic rings. The van der Waals surface area contributed by atoms with Gasteiger partial charge in [0, 0.05) is 0 Å². The second-order valence-electron chi connectivity index (χ2n) is 5.13. The number of nitrogens with one attached hydrogen (secondary N) is 1. The molecule has 0 aliphatic heterocycles. The summed E-state index contributed by atoms with van der Waals surface area (Å²) >= 11 is 3.51. The third-order valence-electron chi connectivity index (χ3n) is 1.97. The summed E-state index contributed by atoms with van der Waals surface area (Å²) in [6, 6.07) is 0. The fourth-order valence-corrected chi connectivity index (χ4v) is 2.90. The third kappa shape index (κ3) is 5.43. The SMILES string of the molecule is CC(C)(C)CC(Br)C(=O)Nc1nnc(C(F)(F)F)s1. The van der Waals surface area contributed by atoms with Gasteiger partial charge in [-0.3, -0.25) is 10.1 Å². The molecule has 9 heteroatoms. The van der Waals surface area contributed by atoms with E-state index < -0.39 is 21.9 Å². The second kappa shape index (κ2) is 5.74. The maximum Gasteiger partial charge on any atom is 0.445 e. The Morgan fingerprint density at radius 1 is 1.37 bits per heavy atom. The van der Waals surface area contributed by atoms with Crippen LogP contribution in [0, 0.1) is 5.41 Å². The van der Waals surface area contributed by atoms with Gasteiger partial charge in [0.05, 0.1) is 4.83 Å². The molecule has 1 unspecified atom stereocenters. The van der Waals surface area contributed by atoms with E-state index >= 15 is 0 Å². The first-order chi connectivity index (χ1) is 8.49. The van der Waals surface area contributed by atoms with Gasteiger partial charge in [-0.05, 0) is 11.8 Å². The topological polar surface area (TPSA) is 54.9 Å². The highest BCUT2D eigenvalue weighted by Gasteiger charge is 2.36. The Morgan fingerprint density at radius 3 is 2.37 bits per heavy atom. The number of anilines is 1. The van der Waals surface area contributed by atoms with Gasteiger partial charge in [-0.2, -0.15) is 13.2 Å². The van der Waals surface area contributed by atoms with E-state index in [4.69, 9.17) is 0 Å². The zero-order valence-corrected chi connectivity index (χ0v) is 12.9. The Hall–Kier alpha value is -0.700. The standard InChI is InChI=1S/C10H13BrF3N3OS/c1-9(2,3)4-5(11)6(18)15-8-17-16-7(19-8)10(12,13)14/h5H,4H2,1-3H3,(H,15,17,18). The minimum absolute atomic E-state index is 0.0796. The second-order valence-corrected chi connectivity index (χ2v) is 7.21. The largest absolute Gasteiger partial charge is 0.445 e. The van der Waals surface area contributed by atoms with E-state index in [-0.39, 0.29) is 10.5 Å². The van der Waals surface area contributed by atoms with Crippen LogP contribution in [0.15, 0.2) is 0 Å². The van der Waals surface area contributed by atoms with Gasteiger partial charge in [0.25, 0.3) is 0 Å². The molecule has 0 aromatic carbocycles. The van der Waals surface area contributed by atoms with Gasteiger partial charge >= 0.3 is 6.18 Å². The number of halogens is 4. The maximum atomic E-state index is 12.3. The number of hydrogen-bond acceptors (Lipinski definition) is 4. The molecule has 1 atom stereocenters. The molecule has 1 aromatic heterocycles. The van der Waals surface area contributed by atoms with Crippen LogP contribution in [0.1, 0.15) is 32.2 Å². The number of amides is 1. The number of alkyl halides is 4. The van der Waals surface area contributed by atoms with Crippen LogP contribution < -0.4 is 5.32 Å². The molecule has 108 valence electrons. The Kier molecular flexibility index (Phi) is 4.94. The van der Waals surface area contributed by atoms with Gasteiger partial charge in [-0.25, -0.2) is 0 Å². The van der Waals surface area contributed by atoms with Gasteiger partial charge in [0.2, 0.25) is 16.0 Å². The quantitative estimate of drug-likeness (QED) is 0.837. The molecule has 1 N–H and O–H groups in total. The first-order valence-electron chi connectivity index (χ1n) is 5.35. The first-order valence-corrected chi connectivity index (χ1v) is 7.08. The van der Waals surface area contributed by atoms with Gasteiger partial charge in [0.1, 0.15) is 0 Å². The summed E-state index contributed by atoms with van der Waals surface area (Å²) < 4.78 is 36.9. The van der Waals surface area contributed by atoms with Gasteiger partial charge in [-0.15, -0.1) is 10.2 Å². The zero-order chi connectivity index (χ0) is 14.8. The van der Waals surface area contributed by atoms with Crippen molar-refractivity contribution in [2.75, 3.05) is 5.32 Å². The van der Waals surface area contributed by atoms with E-state index in [0.29, 0.717) is 17.8 Å². The number of aromatic nitrogens is 2. The highest BCUT2D eigenvalue weighted by atomic mass is 79.9. The molecule has 0 spiro atoms. The van der Waals surface area contributed by atoms with Crippen molar-refractivity contribution >= 4 is 38.3 Å². The zero-order valence-electron chi connectivity index (χ0n) is 10.5. The van der Waals surface area contributed by atoms with E-state index in [0.717, 1.165) is 0 Å². The molecule has 0 bridgehead atoms. The third-order valence-corrected chi connectivity index (χ3v) is 3.60. The normalized spacial score (nSPS) is 14.3. The summed E-state index contributed by atoms with van der Waals surface area (Å²) in [7, 11) is 0. The summed E-state index contributed by atoms with van der Waals surface area (Å²) in [6.45, 7) is 5.88. The van der Waals surface area contributed by atoms with Crippen LogP contribution in [-0.4, -0.2) is 20.9 Å². The van der Waals surface area contributed by atoms with Gasteiger partial charge in [-0.1, -0.05) is 48.0 Å². The molecule has 0 aliphatic rings. The molecule has 0 saturated heterocycles. The molecule has 0 aliphatic carbocycles. The van der Waals surface area contributed by atoms with E-state index in [1.807, 2.05) is 20.8 Å². The lowest BCUT2D eigenvalue weighted by molar-refractivity contribution is -0.138. The predicted molar refractivity (Wildman–Crippen MR) is 70.3 cm³/mol. The lowest BCUT2D eigenvalue weighted by Crippen LogP contribution is -2.26. The van der Waals surface area contributed by atoms with Crippen molar-refractivity contribution < 1.29 is 18.0 Å². The van der Waals surface area contributed by atoms with Crippen molar-refractivity contribution in [1.29, 1.82) is 0 Å². The predicted octanol–water partition coefficient (Wildman–Crippen LogP) is 3.70. The van der Waals surface area contributed by atoms with E-state index in [9.17, 15) is 18.0 Å². The Bertz CT molecular complexity index is 456. The molecule has 1 rings (SSSR count). The summed E-state index contributed by atoms with van der Waals surface area (Å²) in [5.41, 5.74) is -0.0796. The molecule has 19 heavy (non-hydrogen) atoms. The maximum absolute atomic E-state index is 12.3. The number of carbonyl (C=O) groups is 1. The van der Waals surface area contributed by atoms with Gasteiger partial charge < -0.3 is 0 Å². The molecule has 4 nitrogen and oxygen atoms in total. The fourth-order valence-electron chi connectivity index (χ4n) is 1.20. The van der Waals surface area contributed by atoms with Crippen molar-refractivity contribution in [1.82, 2.24) is 10.2 Å². The summed E-state index contributed by atoms with van der Waals surface area (Å²) in [4.78, 5) is 11.3. The van der Waals surface area contributed by atoms with Crippen LogP contribution in [0.3, 0.4) is 0 Å². The molecule has 1 amide bonds. The van der Waals surface area contributed by atoms with E-state index in [2.05, 4.69) is 31.4 Å². The Labute approximate surface area is 120 Å². The minimum atomic E-state index is -4.54. The summed E-state index contributed by atoms with van der Waals surface area (Å²) in [5.74, 6) is -0.431. The molecular weight excluding hydrogens is 347 g/mol. The van der Waals surface area contributed by atoms with Crippen LogP contribution in [0.25, 0.3) is 0 Å². The minimum Gasteiger partial charge on any atom is -0.300 e. The van der Waals surface area contributed by atoms with Crippen molar-refractivity contribution in [2.24, 2.45) is 5.41 Å². The van der Waals surface area contributed by atoms with Gasteiger partial charge in [0.15, 0.2) is 0 Å². The van der Waals surface area contributed by atoms with E-state index in [1.54, 1.807) is 0 Å². The van der Waals surface area contributed by atoms with Crippen molar-refractivity contribution in [2.45, 2.75) is 38.2 Å². The number of nitrogens with zero attached hydrogens (tertiary/aromatic N) is 2. The molecule has 0 radical (unpaired) electrons. The van der Waals surface area contributed by atoms with E-state index in [1.165, 1.54) is 0 Å². The van der Waals surface area contributed by atoms with Crippen molar-refractivity contribution in [3.63, 3.8) is 0 Å². The average Bonchev–Trinajstić information content (AvgIpc) is 2.62. The van der Waals surface area contributed by atoms with Crippen molar-refractivity contribution in [3.05, 3.63) is 5.01 Å². The molecule has 0 fully saturated rings. The molecular formula is C10H13BrF3N3OS. The Morgan fingerprint density at radius 2 is 1.95 bits per heavy atom. The van der Waals surface area contributed by atoms with Crippen LogP contribution in [0.5, 0.6) is 0 Å². The highest BCUT2D eigenvalue weighted by Crippen LogP contribution is 2.33. The van der Waals surface area contributed by atoms with Crippen LogP contribution >= 0.6 is 27.3 Å². The fraction of sp³-hybridized carbons (Fsp3) is 0.700. The number of rotatable bonds is 3. The molecule has 0 saturated carbocycles. The highest BCUT2D eigenvalue weighted by molar-refractivity contribution is 9.10. The molecule has 1 heterocycles. The smallest absolute Gasteiger partial charge is 0.300 e.